The highest BCUT2D eigenvalue weighted by atomic mass is 16.5. The third-order valence-electron chi connectivity index (χ3n) is 4.97. The largest absolute Gasteiger partial charge is 0.487 e. The van der Waals surface area contributed by atoms with E-state index in [1.807, 2.05) is 55.7 Å². The number of likely N-dealkylation sites (tertiary alicyclic amines) is 1. The van der Waals surface area contributed by atoms with Crippen LogP contribution in [0, 0.1) is 12.8 Å². The molecule has 0 spiro atoms. The van der Waals surface area contributed by atoms with Gasteiger partial charge in [0.15, 0.2) is 0 Å². The fraction of sp³-hybridized carbons (Fsp3) is 0.600. The second-order valence-corrected chi connectivity index (χ2v) is 7.72. The van der Waals surface area contributed by atoms with Gasteiger partial charge in [-0.15, -0.1) is 0 Å². The summed E-state index contributed by atoms with van der Waals surface area (Å²) in [5.74, 6) is 0.863. The number of aryl methyl sites for hydroxylation is 1. The second-order valence-electron chi connectivity index (χ2n) is 7.72. The van der Waals surface area contributed by atoms with Crippen molar-refractivity contribution in [3.05, 3.63) is 23.8 Å². The molecule has 3 amide bonds. The van der Waals surface area contributed by atoms with Crippen LogP contribution in [-0.2, 0) is 4.79 Å². The van der Waals surface area contributed by atoms with Gasteiger partial charge in [-0.05, 0) is 58.2 Å². The van der Waals surface area contributed by atoms with E-state index in [4.69, 9.17) is 4.74 Å². The van der Waals surface area contributed by atoms with E-state index in [-0.39, 0.29) is 30.0 Å². The van der Waals surface area contributed by atoms with Crippen LogP contribution in [0.2, 0.25) is 0 Å². The van der Waals surface area contributed by atoms with Crippen LogP contribution in [-0.4, -0.2) is 48.6 Å². The summed E-state index contributed by atoms with van der Waals surface area (Å²) in [6, 6.07) is 6.09. The number of urea groups is 1. The number of amides is 3. The Morgan fingerprint density at radius 2 is 1.92 bits per heavy atom. The molecular formula is C20H29N3O3. The Morgan fingerprint density at radius 3 is 2.58 bits per heavy atom. The number of anilines is 1. The molecular weight excluding hydrogens is 330 g/mol. The molecule has 142 valence electrons. The molecule has 26 heavy (non-hydrogen) atoms. The first kappa shape index (κ1) is 18.5. The molecule has 1 N–H and O–H groups in total. The molecule has 0 aliphatic carbocycles. The average Bonchev–Trinajstić information content (AvgIpc) is 2.60. The monoisotopic (exact) mass is 359 g/mol. The standard InChI is InChI=1S/C20H29N3O3/c1-13(2)21-19(24)16-7-9-22(10-8-16)20(25)23-12-15(4)26-18-6-5-14(3)11-17(18)23/h5-6,11,13,15-16H,7-10,12H2,1-4H3,(H,21,24). The van der Waals surface area contributed by atoms with E-state index in [1.54, 1.807) is 0 Å². The molecule has 0 radical (unpaired) electrons. The van der Waals surface area contributed by atoms with Crippen molar-refractivity contribution in [2.75, 3.05) is 24.5 Å². The summed E-state index contributed by atoms with van der Waals surface area (Å²) in [6.45, 7) is 9.70. The number of carbonyl (C=O) groups is 2. The molecule has 6 nitrogen and oxygen atoms in total. The molecule has 3 rings (SSSR count). The third kappa shape index (κ3) is 3.94. The first-order chi connectivity index (χ1) is 12.3. The smallest absolute Gasteiger partial charge is 0.324 e. The van der Waals surface area contributed by atoms with Crippen LogP contribution in [0.4, 0.5) is 10.5 Å². The van der Waals surface area contributed by atoms with Crippen molar-refractivity contribution in [3.8, 4) is 5.75 Å². The Hall–Kier alpha value is -2.24. The molecule has 2 aliphatic heterocycles. The number of benzene rings is 1. The van der Waals surface area contributed by atoms with E-state index in [9.17, 15) is 9.59 Å². The van der Waals surface area contributed by atoms with Crippen LogP contribution in [0.3, 0.4) is 0 Å². The number of ether oxygens (including phenoxy) is 1. The lowest BCUT2D eigenvalue weighted by molar-refractivity contribution is -0.126. The molecule has 2 heterocycles. The normalized spacial score (nSPS) is 20.6. The zero-order valence-corrected chi connectivity index (χ0v) is 16.1. The predicted molar refractivity (Wildman–Crippen MR) is 102 cm³/mol. The number of piperidine rings is 1. The van der Waals surface area contributed by atoms with Crippen molar-refractivity contribution < 1.29 is 14.3 Å². The van der Waals surface area contributed by atoms with Crippen LogP contribution < -0.4 is 15.0 Å². The fourth-order valence-electron chi connectivity index (χ4n) is 3.63. The van der Waals surface area contributed by atoms with Gasteiger partial charge >= 0.3 is 6.03 Å². The van der Waals surface area contributed by atoms with Gasteiger partial charge in [-0.1, -0.05) is 6.07 Å². The maximum absolute atomic E-state index is 13.1. The highest BCUT2D eigenvalue weighted by molar-refractivity contribution is 5.94. The maximum Gasteiger partial charge on any atom is 0.324 e. The zero-order valence-electron chi connectivity index (χ0n) is 16.1. The Balaban J connectivity index is 1.68. The van der Waals surface area contributed by atoms with Gasteiger partial charge < -0.3 is 15.0 Å². The minimum Gasteiger partial charge on any atom is -0.487 e. The van der Waals surface area contributed by atoms with E-state index in [1.165, 1.54) is 0 Å². The molecule has 2 aliphatic rings. The summed E-state index contributed by atoms with van der Waals surface area (Å²) in [5, 5.41) is 2.98. The fourth-order valence-corrected chi connectivity index (χ4v) is 3.63. The van der Waals surface area contributed by atoms with E-state index in [0.717, 1.165) is 17.0 Å². The maximum atomic E-state index is 13.1. The zero-order chi connectivity index (χ0) is 18.8. The number of rotatable bonds is 2. The molecule has 1 unspecified atom stereocenters. The van der Waals surface area contributed by atoms with Gasteiger partial charge in [-0.3, -0.25) is 9.69 Å². The minimum absolute atomic E-state index is 0.000376. The Morgan fingerprint density at radius 1 is 1.23 bits per heavy atom. The quantitative estimate of drug-likeness (QED) is 0.883. The molecule has 0 saturated carbocycles. The van der Waals surface area contributed by atoms with Crippen molar-refractivity contribution in [1.82, 2.24) is 10.2 Å². The molecule has 1 aromatic carbocycles. The second kappa shape index (κ2) is 7.56. The highest BCUT2D eigenvalue weighted by Gasteiger charge is 2.34. The summed E-state index contributed by atoms with van der Waals surface area (Å²) in [6.07, 6.45) is 1.39. The molecule has 6 heteroatoms. The number of nitrogens with one attached hydrogen (secondary N) is 1. The van der Waals surface area contributed by atoms with Crippen molar-refractivity contribution in [3.63, 3.8) is 0 Å². The van der Waals surface area contributed by atoms with Crippen LogP contribution in [0.5, 0.6) is 5.75 Å². The number of carbonyl (C=O) groups excluding carboxylic acids is 2. The van der Waals surface area contributed by atoms with Crippen molar-refractivity contribution in [2.45, 2.75) is 52.7 Å². The summed E-state index contributed by atoms with van der Waals surface area (Å²) in [4.78, 5) is 29.0. The number of hydrogen-bond donors (Lipinski definition) is 1. The Labute approximate surface area is 155 Å². The highest BCUT2D eigenvalue weighted by Crippen LogP contribution is 2.35. The van der Waals surface area contributed by atoms with Gasteiger partial charge in [0.05, 0.1) is 12.2 Å². The van der Waals surface area contributed by atoms with E-state index in [0.29, 0.717) is 32.5 Å². The average molecular weight is 359 g/mol. The van der Waals surface area contributed by atoms with Gasteiger partial charge in [0.2, 0.25) is 5.91 Å². The van der Waals surface area contributed by atoms with Crippen molar-refractivity contribution in [2.24, 2.45) is 5.92 Å². The van der Waals surface area contributed by atoms with Crippen LogP contribution in [0.1, 0.15) is 39.2 Å². The van der Waals surface area contributed by atoms with Crippen molar-refractivity contribution >= 4 is 17.6 Å². The topological polar surface area (TPSA) is 61.9 Å². The first-order valence-electron chi connectivity index (χ1n) is 9.49. The first-order valence-corrected chi connectivity index (χ1v) is 9.49. The van der Waals surface area contributed by atoms with Gasteiger partial charge in [0, 0.05) is 25.0 Å². The van der Waals surface area contributed by atoms with E-state index < -0.39 is 0 Å². The van der Waals surface area contributed by atoms with Gasteiger partial charge in [-0.25, -0.2) is 4.79 Å². The summed E-state index contributed by atoms with van der Waals surface area (Å²) >= 11 is 0. The van der Waals surface area contributed by atoms with Crippen molar-refractivity contribution in [1.29, 1.82) is 0 Å². The number of fused-ring (bicyclic) bond motifs is 1. The summed E-state index contributed by atoms with van der Waals surface area (Å²) < 4.78 is 5.87. The number of hydrogen-bond acceptors (Lipinski definition) is 3. The Bertz CT molecular complexity index is 681. The molecule has 1 fully saturated rings. The molecule has 1 atom stereocenters. The number of nitrogens with zero attached hydrogens (tertiary/aromatic N) is 2. The predicted octanol–water partition coefficient (Wildman–Crippen LogP) is 2.94. The molecule has 0 bridgehead atoms. The van der Waals surface area contributed by atoms with Gasteiger partial charge in [0.25, 0.3) is 0 Å². The summed E-state index contributed by atoms with van der Waals surface area (Å²) in [5.41, 5.74) is 1.94. The van der Waals surface area contributed by atoms with Gasteiger partial charge in [-0.2, -0.15) is 0 Å². The lowest BCUT2D eigenvalue weighted by Gasteiger charge is -2.39. The van der Waals surface area contributed by atoms with Crippen LogP contribution in [0.25, 0.3) is 0 Å². The third-order valence-corrected chi connectivity index (χ3v) is 4.97. The van der Waals surface area contributed by atoms with Gasteiger partial charge in [0.1, 0.15) is 11.9 Å². The lowest BCUT2D eigenvalue weighted by atomic mass is 9.96. The molecule has 1 aromatic rings. The molecule has 1 saturated heterocycles. The van der Waals surface area contributed by atoms with Crippen LogP contribution >= 0.6 is 0 Å². The summed E-state index contributed by atoms with van der Waals surface area (Å²) in [7, 11) is 0. The Kier molecular flexibility index (Phi) is 5.39. The minimum atomic E-state index is -0.0384. The molecule has 0 aromatic heterocycles. The lowest BCUT2D eigenvalue weighted by Crippen LogP contribution is -2.52. The SMILES string of the molecule is Cc1ccc2c(c1)N(C(=O)N1CCC(C(=O)NC(C)C)CC1)CC(C)O2. The van der Waals surface area contributed by atoms with Crippen LogP contribution in [0.15, 0.2) is 18.2 Å². The van der Waals surface area contributed by atoms with E-state index in [2.05, 4.69) is 5.32 Å². The van der Waals surface area contributed by atoms with E-state index >= 15 is 0 Å².